The van der Waals surface area contributed by atoms with Gasteiger partial charge in [-0.1, -0.05) is 0 Å². The minimum absolute atomic E-state index is 0.0179. The van der Waals surface area contributed by atoms with Gasteiger partial charge in [0.25, 0.3) is 0 Å². The van der Waals surface area contributed by atoms with Gasteiger partial charge >= 0.3 is 41.3 Å². The molecular weight excluding hydrogens is 560 g/mol. The maximum absolute atomic E-state index is 13.3. The summed E-state index contributed by atoms with van der Waals surface area (Å²) in [6.07, 6.45) is -5.74. The van der Waals surface area contributed by atoms with Crippen molar-refractivity contribution in [2.24, 2.45) is 0 Å². The zero-order chi connectivity index (χ0) is 31.2. The number of benzene rings is 1. The van der Waals surface area contributed by atoms with Gasteiger partial charge in [-0.3, -0.25) is 19.2 Å². The Morgan fingerprint density at radius 2 is 1.67 bits per heavy atom. The fourth-order valence-corrected chi connectivity index (χ4v) is 4.65. The zero-order valence-electron chi connectivity index (χ0n) is 24.0. The van der Waals surface area contributed by atoms with E-state index < -0.39 is 72.3 Å². The summed E-state index contributed by atoms with van der Waals surface area (Å²) in [5.41, 5.74) is 0.209. The second-order valence-electron chi connectivity index (χ2n) is 9.61. The first-order chi connectivity index (χ1) is 19.7. The molecule has 1 aromatic heterocycles. The Kier molecular flexibility index (Phi) is 10.3. The number of methoxy groups -OCH3 is 1. The summed E-state index contributed by atoms with van der Waals surface area (Å²) >= 11 is 0. The predicted molar refractivity (Wildman–Crippen MR) is 140 cm³/mol. The number of fused-ring (bicyclic) bond motifs is 1. The summed E-state index contributed by atoms with van der Waals surface area (Å²) < 4.78 is 43.7. The van der Waals surface area contributed by atoms with Crippen LogP contribution >= 0.6 is 0 Å². The third kappa shape index (κ3) is 8.06. The van der Waals surface area contributed by atoms with Gasteiger partial charge in [-0.2, -0.15) is 0 Å². The molecule has 5 atom stereocenters. The van der Waals surface area contributed by atoms with Crippen molar-refractivity contribution in [3.8, 4) is 5.75 Å². The molecule has 0 amide bonds. The summed E-state index contributed by atoms with van der Waals surface area (Å²) in [7, 11) is 1.08. The van der Waals surface area contributed by atoms with E-state index in [1.165, 1.54) is 18.2 Å². The van der Waals surface area contributed by atoms with Gasteiger partial charge in [0, 0.05) is 51.6 Å². The monoisotopic (exact) mass is 592 g/mol. The molecule has 0 radical (unpaired) electrons. The first-order valence-corrected chi connectivity index (χ1v) is 12.9. The summed E-state index contributed by atoms with van der Waals surface area (Å²) in [5, 5.41) is 0.610. The van der Waals surface area contributed by atoms with Crippen LogP contribution in [-0.4, -0.2) is 73.8 Å². The second-order valence-corrected chi connectivity index (χ2v) is 9.61. The van der Waals surface area contributed by atoms with Gasteiger partial charge < -0.3 is 37.6 Å². The average Bonchev–Trinajstić information content (AvgIpc) is 2.88. The van der Waals surface area contributed by atoms with Gasteiger partial charge in [0.1, 0.15) is 30.1 Å². The molecule has 0 bridgehead atoms. The van der Waals surface area contributed by atoms with Crippen LogP contribution in [0.25, 0.3) is 11.0 Å². The highest BCUT2D eigenvalue weighted by molar-refractivity contribution is 5.82. The van der Waals surface area contributed by atoms with E-state index in [2.05, 4.69) is 0 Å². The van der Waals surface area contributed by atoms with Crippen molar-refractivity contribution >= 4 is 40.8 Å². The summed E-state index contributed by atoms with van der Waals surface area (Å²) in [6, 6.07) is 5.80. The highest BCUT2D eigenvalue weighted by Gasteiger charge is 2.55. The Labute approximate surface area is 240 Å². The number of esters is 5. The molecule has 0 saturated carbocycles. The van der Waals surface area contributed by atoms with Crippen LogP contribution in [0.5, 0.6) is 5.75 Å². The molecule has 2 heterocycles. The van der Waals surface area contributed by atoms with E-state index in [0.29, 0.717) is 10.9 Å². The molecule has 14 heteroatoms. The molecule has 14 nitrogen and oxygen atoms in total. The fraction of sp³-hybridized carbons (Fsp3) is 0.500. The lowest BCUT2D eigenvalue weighted by molar-refractivity contribution is -0.282. The molecule has 0 N–H and O–H groups in total. The lowest BCUT2D eigenvalue weighted by Gasteiger charge is -2.44. The number of aryl methyl sites for hydroxylation is 1. The van der Waals surface area contributed by atoms with E-state index in [1.54, 1.807) is 13.0 Å². The molecule has 0 spiro atoms. The van der Waals surface area contributed by atoms with Crippen molar-refractivity contribution in [1.29, 1.82) is 0 Å². The van der Waals surface area contributed by atoms with Crippen molar-refractivity contribution in [3.63, 3.8) is 0 Å². The minimum atomic E-state index is -2.30. The van der Waals surface area contributed by atoms with Gasteiger partial charge in [0.05, 0.1) is 13.5 Å². The zero-order valence-corrected chi connectivity index (χ0v) is 24.0. The molecular formula is C28H32O14. The molecule has 3 rings (SSSR count). The maximum Gasteiger partial charge on any atom is 0.379 e. The molecule has 1 aliphatic rings. The van der Waals surface area contributed by atoms with Crippen LogP contribution in [0.4, 0.5) is 0 Å². The second kappa shape index (κ2) is 13.5. The Hall–Kier alpha value is -4.46. The van der Waals surface area contributed by atoms with Gasteiger partial charge in [0.2, 0.25) is 0 Å². The highest BCUT2D eigenvalue weighted by atomic mass is 16.7. The molecule has 1 saturated heterocycles. The lowest BCUT2D eigenvalue weighted by Crippen LogP contribution is -2.61. The Balaban J connectivity index is 2.11. The number of hydrogen-bond donors (Lipinski definition) is 0. The smallest absolute Gasteiger partial charge is 0.379 e. The van der Waals surface area contributed by atoms with Crippen molar-refractivity contribution in [1.82, 2.24) is 0 Å². The van der Waals surface area contributed by atoms with Gasteiger partial charge in [-0.15, -0.1) is 0 Å². The molecule has 2 aromatic rings. The molecule has 228 valence electrons. The first-order valence-electron chi connectivity index (χ1n) is 12.9. The number of carbonyl (C=O) groups excluding carboxylic acids is 5. The van der Waals surface area contributed by atoms with Crippen LogP contribution in [0.2, 0.25) is 0 Å². The van der Waals surface area contributed by atoms with Gasteiger partial charge in [-0.05, 0) is 24.6 Å². The van der Waals surface area contributed by atoms with Crippen LogP contribution in [0.1, 0.15) is 46.1 Å². The average molecular weight is 593 g/mol. The lowest BCUT2D eigenvalue weighted by atomic mass is 9.92. The fourth-order valence-electron chi connectivity index (χ4n) is 4.65. The molecule has 1 fully saturated rings. The van der Waals surface area contributed by atoms with Crippen molar-refractivity contribution in [2.75, 3.05) is 13.7 Å². The van der Waals surface area contributed by atoms with E-state index in [4.69, 9.17) is 37.6 Å². The molecule has 0 aliphatic carbocycles. The molecule has 42 heavy (non-hydrogen) atoms. The topological polar surface area (TPSA) is 180 Å². The van der Waals surface area contributed by atoms with Crippen LogP contribution in [0.15, 0.2) is 33.5 Å². The van der Waals surface area contributed by atoms with Crippen LogP contribution < -0.4 is 10.4 Å². The van der Waals surface area contributed by atoms with E-state index in [1.807, 2.05) is 0 Å². The molecule has 1 aliphatic heterocycles. The maximum atomic E-state index is 13.3. The number of ether oxygens (including phenoxy) is 7. The Morgan fingerprint density at radius 1 is 0.976 bits per heavy atom. The van der Waals surface area contributed by atoms with Crippen molar-refractivity contribution < 1.29 is 61.5 Å². The van der Waals surface area contributed by atoms with E-state index >= 15 is 0 Å². The van der Waals surface area contributed by atoms with Crippen molar-refractivity contribution in [2.45, 2.75) is 77.7 Å². The van der Waals surface area contributed by atoms with Crippen LogP contribution in [0, 0.1) is 6.92 Å². The summed E-state index contributed by atoms with van der Waals surface area (Å²) in [6.45, 7) is 5.66. The first kappa shape index (κ1) is 32.1. The SMILES string of the molecule is COC(=O)[C@@]1(Oc2ccc3c(C)cc(=O)oc3c2)C[C@H](OC(C)=O)C[C@H]([C@H](OC(C)=O)[C@@H](COC(C)=O)OC(C)=O)O1. The van der Waals surface area contributed by atoms with E-state index in [0.717, 1.165) is 34.8 Å². The van der Waals surface area contributed by atoms with E-state index in [-0.39, 0.29) is 24.2 Å². The number of hydrogen-bond acceptors (Lipinski definition) is 14. The number of rotatable bonds is 10. The largest absolute Gasteiger partial charge is 0.464 e. The quantitative estimate of drug-likeness (QED) is 0.222. The number of carbonyl (C=O) groups is 5. The van der Waals surface area contributed by atoms with Crippen molar-refractivity contribution in [3.05, 3.63) is 40.2 Å². The van der Waals surface area contributed by atoms with Crippen LogP contribution in [-0.2, 0) is 52.4 Å². The van der Waals surface area contributed by atoms with Crippen LogP contribution in [0.3, 0.4) is 0 Å². The van der Waals surface area contributed by atoms with E-state index in [9.17, 15) is 28.8 Å². The third-order valence-corrected chi connectivity index (χ3v) is 6.17. The highest BCUT2D eigenvalue weighted by Crippen LogP contribution is 2.38. The predicted octanol–water partition coefficient (Wildman–Crippen LogP) is 1.89. The standard InChI is InChI=1S/C28H32O14/c1-14-9-25(33)40-22-10-19(7-8-21(14)22)41-28(27(34)35-6)12-20(37-16(3)30)11-23(42-28)26(39-18(5)32)24(38-17(4)31)13-36-15(2)29/h7-10,20,23-24,26H,11-13H2,1-6H3/t20-,23-,24-,26+,28-/m1/s1. The summed E-state index contributed by atoms with van der Waals surface area (Å²) in [4.78, 5) is 72.8. The molecule has 0 unspecified atom stereocenters. The van der Waals surface area contributed by atoms with Gasteiger partial charge in [0.15, 0.2) is 12.2 Å². The Bertz CT molecular complexity index is 1410. The summed E-state index contributed by atoms with van der Waals surface area (Å²) in [5.74, 6) is -6.33. The molecule has 1 aromatic carbocycles. The normalized spacial score (nSPS) is 21.4. The third-order valence-electron chi connectivity index (χ3n) is 6.17. The Morgan fingerprint density at radius 3 is 2.26 bits per heavy atom. The van der Waals surface area contributed by atoms with Gasteiger partial charge in [-0.25, -0.2) is 9.59 Å². The minimum Gasteiger partial charge on any atom is -0.464 e.